The molecule has 0 fully saturated rings. The molecule has 1 aromatic rings. The molecule has 0 atom stereocenters. The van der Waals surface area contributed by atoms with E-state index in [1.165, 1.54) is 6.07 Å². The third kappa shape index (κ3) is 2.37. The fourth-order valence-corrected chi connectivity index (χ4v) is 1.37. The first-order valence-electron chi connectivity index (χ1n) is 4.73. The monoisotopic (exact) mass is 206 g/mol. The minimum atomic E-state index is -0.498. The number of phenols is 1. The van der Waals surface area contributed by atoms with Crippen LogP contribution in [0.3, 0.4) is 0 Å². The van der Waals surface area contributed by atoms with Crippen molar-refractivity contribution in [2.24, 2.45) is 0 Å². The lowest BCUT2D eigenvalue weighted by molar-refractivity contribution is -0.136. The van der Waals surface area contributed by atoms with Crippen LogP contribution >= 0.6 is 0 Å². The third-order valence-electron chi connectivity index (χ3n) is 2.07. The maximum Gasteiger partial charge on any atom is 0.338 e. The molecule has 1 N–H and O–H groups in total. The Labute approximate surface area is 89.0 Å². The fourth-order valence-electron chi connectivity index (χ4n) is 1.37. The van der Waals surface area contributed by atoms with Gasteiger partial charge in [0.05, 0.1) is 12.2 Å². The van der Waals surface area contributed by atoms with Crippen molar-refractivity contribution in [3.8, 4) is 5.75 Å². The van der Waals surface area contributed by atoms with Crippen molar-refractivity contribution < 1.29 is 14.6 Å². The van der Waals surface area contributed by atoms with Gasteiger partial charge in [-0.2, -0.15) is 0 Å². The highest BCUT2D eigenvalue weighted by molar-refractivity contribution is 6.16. The largest absolute Gasteiger partial charge is 0.507 e. The SMILES string of the molecule is C=C(C(=O)OCC)c1c(C)cccc1O. The summed E-state index contributed by atoms with van der Waals surface area (Å²) in [5.74, 6) is -0.449. The molecule has 0 aliphatic rings. The molecule has 0 aliphatic carbocycles. The molecule has 1 aromatic carbocycles. The first kappa shape index (κ1) is 11.3. The van der Waals surface area contributed by atoms with E-state index in [0.717, 1.165) is 5.56 Å². The highest BCUT2D eigenvalue weighted by Crippen LogP contribution is 2.27. The summed E-state index contributed by atoms with van der Waals surface area (Å²) in [5.41, 5.74) is 1.44. The predicted molar refractivity (Wildman–Crippen MR) is 58.5 cm³/mol. The third-order valence-corrected chi connectivity index (χ3v) is 2.07. The first-order chi connectivity index (χ1) is 7.07. The first-order valence-corrected chi connectivity index (χ1v) is 4.73. The number of benzene rings is 1. The molecular formula is C12H14O3. The highest BCUT2D eigenvalue weighted by Gasteiger charge is 2.15. The molecule has 0 unspecified atom stereocenters. The number of phenolic OH excluding ortho intramolecular Hbond substituents is 1. The summed E-state index contributed by atoms with van der Waals surface area (Å²) in [6.07, 6.45) is 0. The van der Waals surface area contributed by atoms with E-state index in [9.17, 15) is 9.90 Å². The van der Waals surface area contributed by atoms with E-state index < -0.39 is 5.97 Å². The van der Waals surface area contributed by atoms with Crippen molar-refractivity contribution in [2.75, 3.05) is 6.61 Å². The van der Waals surface area contributed by atoms with E-state index in [1.807, 2.05) is 0 Å². The number of rotatable bonds is 3. The zero-order valence-corrected chi connectivity index (χ0v) is 8.91. The molecule has 0 aliphatic heterocycles. The fraction of sp³-hybridized carbons (Fsp3) is 0.250. The molecule has 0 aromatic heterocycles. The molecule has 0 amide bonds. The molecular weight excluding hydrogens is 192 g/mol. The zero-order valence-electron chi connectivity index (χ0n) is 8.91. The van der Waals surface area contributed by atoms with Crippen LogP contribution in [0.2, 0.25) is 0 Å². The maximum absolute atomic E-state index is 11.4. The summed E-state index contributed by atoms with van der Waals surface area (Å²) in [4.78, 5) is 11.4. The van der Waals surface area contributed by atoms with Crippen molar-refractivity contribution >= 4 is 11.5 Å². The standard InChI is InChI=1S/C12H14O3/c1-4-15-12(14)9(3)11-8(2)6-5-7-10(11)13/h5-7,13H,3-4H2,1-2H3. The van der Waals surface area contributed by atoms with Crippen molar-refractivity contribution in [2.45, 2.75) is 13.8 Å². The van der Waals surface area contributed by atoms with Crippen molar-refractivity contribution in [1.82, 2.24) is 0 Å². The van der Waals surface area contributed by atoms with Gasteiger partial charge in [0, 0.05) is 5.56 Å². The summed E-state index contributed by atoms with van der Waals surface area (Å²) in [7, 11) is 0. The van der Waals surface area contributed by atoms with Crippen LogP contribution in [0.4, 0.5) is 0 Å². The van der Waals surface area contributed by atoms with Crippen LogP contribution in [-0.2, 0) is 9.53 Å². The number of hydrogen-bond acceptors (Lipinski definition) is 3. The van der Waals surface area contributed by atoms with E-state index >= 15 is 0 Å². The average molecular weight is 206 g/mol. The summed E-state index contributed by atoms with van der Waals surface area (Å²) < 4.78 is 4.82. The molecule has 1 rings (SSSR count). The molecule has 0 bridgehead atoms. The summed E-state index contributed by atoms with van der Waals surface area (Å²) >= 11 is 0. The quantitative estimate of drug-likeness (QED) is 0.609. The van der Waals surface area contributed by atoms with Gasteiger partial charge in [0.25, 0.3) is 0 Å². The number of aryl methyl sites for hydroxylation is 1. The predicted octanol–water partition coefficient (Wildman–Crippen LogP) is 2.28. The Morgan fingerprint density at radius 2 is 2.20 bits per heavy atom. The van der Waals surface area contributed by atoms with E-state index in [1.54, 1.807) is 26.0 Å². The van der Waals surface area contributed by atoms with Gasteiger partial charge in [0.15, 0.2) is 0 Å². The topological polar surface area (TPSA) is 46.5 Å². The zero-order chi connectivity index (χ0) is 11.4. The lowest BCUT2D eigenvalue weighted by Gasteiger charge is -2.09. The van der Waals surface area contributed by atoms with Crippen LogP contribution in [0, 0.1) is 6.92 Å². The minimum Gasteiger partial charge on any atom is -0.507 e. The smallest absolute Gasteiger partial charge is 0.338 e. The van der Waals surface area contributed by atoms with Gasteiger partial charge >= 0.3 is 5.97 Å². The molecule has 15 heavy (non-hydrogen) atoms. The van der Waals surface area contributed by atoms with Gasteiger partial charge in [-0.15, -0.1) is 0 Å². The van der Waals surface area contributed by atoms with Gasteiger partial charge in [-0.25, -0.2) is 4.79 Å². The lowest BCUT2D eigenvalue weighted by atomic mass is 10.0. The molecule has 80 valence electrons. The van der Waals surface area contributed by atoms with Gasteiger partial charge in [-0.05, 0) is 25.5 Å². The average Bonchev–Trinajstić information content (AvgIpc) is 2.17. The van der Waals surface area contributed by atoms with Crippen molar-refractivity contribution in [3.05, 3.63) is 35.9 Å². The lowest BCUT2D eigenvalue weighted by Crippen LogP contribution is -2.07. The van der Waals surface area contributed by atoms with Crippen LogP contribution in [-0.4, -0.2) is 17.7 Å². The number of ether oxygens (including phenoxy) is 1. The summed E-state index contributed by atoms with van der Waals surface area (Å²) in [6.45, 7) is 7.46. The van der Waals surface area contributed by atoms with Crippen LogP contribution < -0.4 is 0 Å². The Balaban J connectivity index is 3.06. The van der Waals surface area contributed by atoms with E-state index in [4.69, 9.17) is 4.74 Å². The molecule has 0 radical (unpaired) electrons. The minimum absolute atomic E-state index is 0.0491. The summed E-state index contributed by atoms with van der Waals surface area (Å²) in [6, 6.07) is 5.04. The second-order valence-corrected chi connectivity index (χ2v) is 3.17. The highest BCUT2D eigenvalue weighted by atomic mass is 16.5. The Morgan fingerprint density at radius 3 is 2.73 bits per heavy atom. The van der Waals surface area contributed by atoms with Crippen molar-refractivity contribution in [1.29, 1.82) is 0 Å². The maximum atomic E-state index is 11.4. The molecule has 0 heterocycles. The van der Waals surface area contributed by atoms with Gasteiger partial charge in [-0.3, -0.25) is 0 Å². The van der Waals surface area contributed by atoms with Crippen LogP contribution in [0.25, 0.3) is 5.57 Å². The second-order valence-electron chi connectivity index (χ2n) is 3.17. The Bertz CT molecular complexity index is 374. The number of hydrogen-bond donors (Lipinski definition) is 1. The Hall–Kier alpha value is -1.77. The van der Waals surface area contributed by atoms with Crippen molar-refractivity contribution in [3.63, 3.8) is 0 Å². The number of carbonyl (C=O) groups excluding carboxylic acids is 1. The normalized spacial score (nSPS) is 9.73. The Morgan fingerprint density at radius 1 is 1.53 bits per heavy atom. The summed E-state index contributed by atoms with van der Waals surface area (Å²) in [5, 5.41) is 9.61. The molecule has 0 saturated heterocycles. The van der Waals surface area contributed by atoms with Gasteiger partial charge < -0.3 is 9.84 Å². The molecule has 3 heteroatoms. The van der Waals surface area contributed by atoms with Gasteiger partial charge in [-0.1, -0.05) is 18.7 Å². The van der Waals surface area contributed by atoms with Gasteiger partial charge in [0.2, 0.25) is 0 Å². The second kappa shape index (κ2) is 4.64. The number of aromatic hydroxyl groups is 1. The Kier molecular flexibility index (Phi) is 3.50. The molecule has 3 nitrogen and oxygen atoms in total. The van der Waals surface area contributed by atoms with E-state index in [-0.39, 0.29) is 11.3 Å². The molecule has 0 spiro atoms. The van der Waals surface area contributed by atoms with E-state index in [2.05, 4.69) is 6.58 Å². The van der Waals surface area contributed by atoms with Crippen LogP contribution in [0.15, 0.2) is 24.8 Å². The molecule has 0 saturated carbocycles. The van der Waals surface area contributed by atoms with Gasteiger partial charge in [0.1, 0.15) is 5.75 Å². The number of carbonyl (C=O) groups is 1. The van der Waals surface area contributed by atoms with Crippen LogP contribution in [0.1, 0.15) is 18.1 Å². The van der Waals surface area contributed by atoms with E-state index in [0.29, 0.717) is 12.2 Å². The van der Waals surface area contributed by atoms with Crippen LogP contribution in [0.5, 0.6) is 5.75 Å². The number of esters is 1.